The highest BCUT2D eigenvalue weighted by atomic mass is 16.2. The molecule has 0 fully saturated rings. The van der Waals surface area contributed by atoms with Crippen LogP contribution >= 0.6 is 0 Å². The summed E-state index contributed by atoms with van der Waals surface area (Å²) in [7, 11) is 1.91. The Morgan fingerprint density at radius 2 is 1.86 bits per heavy atom. The largest absolute Gasteiger partial charge is 0.346 e. The van der Waals surface area contributed by atoms with Crippen LogP contribution in [-0.2, 0) is 16.0 Å². The predicted molar refractivity (Wildman–Crippen MR) is 89.9 cm³/mol. The minimum Gasteiger partial charge on any atom is -0.346 e. The minimum absolute atomic E-state index is 0.00149. The Labute approximate surface area is 133 Å². The van der Waals surface area contributed by atoms with Crippen molar-refractivity contribution in [2.45, 2.75) is 33.1 Å². The van der Waals surface area contributed by atoms with Crippen molar-refractivity contribution in [2.24, 2.45) is 0 Å². The van der Waals surface area contributed by atoms with Gasteiger partial charge in [-0.05, 0) is 38.1 Å². The highest BCUT2D eigenvalue weighted by Crippen LogP contribution is 2.14. The number of amides is 2. The average Bonchev–Trinajstić information content (AvgIpc) is 2.51. The van der Waals surface area contributed by atoms with E-state index < -0.39 is 0 Å². The molecular weight excluding hydrogens is 278 g/mol. The molecule has 122 valence electrons. The fraction of sp³-hybridized carbons (Fsp3) is 0.529. The number of unbranched alkanes of at least 4 members (excludes halogenated alkanes) is 1. The highest BCUT2D eigenvalue weighted by Gasteiger charge is 2.09. The number of para-hydroxylation sites is 1. The fourth-order valence-electron chi connectivity index (χ4n) is 2.13. The number of nitrogens with zero attached hydrogens (tertiary/aromatic N) is 1. The molecule has 1 aromatic rings. The Bertz CT molecular complexity index is 489. The first-order valence-corrected chi connectivity index (χ1v) is 7.89. The van der Waals surface area contributed by atoms with E-state index in [1.165, 1.54) is 0 Å². The summed E-state index contributed by atoms with van der Waals surface area (Å²) in [4.78, 5) is 25.6. The van der Waals surface area contributed by atoms with Gasteiger partial charge in [0.15, 0.2) is 0 Å². The van der Waals surface area contributed by atoms with Crippen molar-refractivity contribution >= 4 is 17.5 Å². The lowest BCUT2D eigenvalue weighted by atomic mass is 10.1. The van der Waals surface area contributed by atoms with Crippen LogP contribution in [0.4, 0.5) is 5.69 Å². The summed E-state index contributed by atoms with van der Waals surface area (Å²) >= 11 is 0. The quantitative estimate of drug-likeness (QED) is 0.734. The molecule has 0 unspecified atom stereocenters. The minimum atomic E-state index is -0.203. The fourth-order valence-corrected chi connectivity index (χ4v) is 2.13. The van der Waals surface area contributed by atoms with E-state index in [0.29, 0.717) is 6.54 Å². The van der Waals surface area contributed by atoms with E-state index >= 15 is 0 Å². The molecule has 0 aliphatic rings. The zero-order valence-corrected chi connectivity index (χ0v) is 13.8. The Morgan fingerprint density at radius 3 is 2.55 bits per heavy atom. The van der Waals surface area contributed by atoms with Crippen molar-refractivity contribution < 1.29 is 9.59 Å². The summed E-state index contributed by atoms with van der Waals surface area (Å²) in [5.41, 5.74) is 1.89. The first-order chi connectivity index (χ1) is 10.6. The van der Waals surface area contributed by atoms with Gasteiger partial charge in [-0.2, -0.15) is 0 Å². The monoisotopic (exact) mass is 305 g/mol. The van der Waals surface area contributed by atoms with Crippen LogP contribution in [0.1, 0.15) is 32.3 Å². The number of hydrogen-bond acceptors (Lipinski definition) is 3. The topological polar surface area (TPSA) is 61.4 Å². The molecule has 1 aromatic carbocycles. The third-order valence-electron chi connectivity index (χ3n) is 3.43. The zero-order valence-electron chi connectivity index (χ0n) is 13.8. The SMILES string of the molecule is CCCCN(C)CC(=O)NCC(=O)Nc1ccccc1CC. The molecule has 0 heterocycles. The number of likely N-dealkylation sites (N-methyl/N-ethyl adjacent to an activating group) is 1. The third-order valence-corrected chi connectivity index (χ3v) is 3.43. The van der Waals surface area contributed by atoms with Gasteiger partial charge in [0.25, 0.3) is 0 Å². The Hall–Kier alpha value is -1.88. The maximum atomic E-state index is 11.9. The highest BCUT2D eigenvalue weighted by molar-refractivity contribution is 5.95. The molecule has 0 aromatic heterocycles. The number of nitrogens with one attached hydrogen (secondary N) is 2. The van der Waals surface area contributed by atoms with Gasteiger partial charge in [-0.3, -0.25) is 14.5 Å². The van der Waals surface area contributed by atoms with Crippen molar-refractivity contribution in [3.8, 4) is 0 Å². The van der Waals surface area contributed by atoms with Crippen molar-refractivity contribution in [1.82, 2.24) is 10.2 Å². The first kappa shape index (κ1) is 18.2. The summed E-state index contributed by atoms with van der Waals surface area (Å²) in [6.45, 7) is 5.36. The molecule has 2 amide bonds. The molecule has 1 rings (SSSR count). The van der Waals surface area contributed by atoms with Gasteiger partial charge in [-0.25, -0.2) is 0 Å². The van der Waals surface area contributed by atoms with Gasteiger partial charge in [-0.15, -0.1) is 0 Å². The van der Waals surface area contributed by atoms with E-state index in [2.05, 4.69) is 17.6 Å². The molecule has 0 saturated carbocycles. The summed E-state index contributed by atoms with van der Waals surface area (Å²) in [6, 6.07) is 7.69. The second-order valence-electron chi connectivity index (χ2n) is 5.43. The van der Waals surface area contributed by atoms with Crippen molar-refractivity contribution in [3.63, 3.8) is 0 Å². The maximum Gasteiger partial charge on any atom is 0.243 e. The number of carbonyl (C=O) groups is 2. The summed E-state index contributed by atoms with van der Waals surface area (Å²) in [5.74, 6) is -0.331. The van der Waals surface area contributed by atoms with Crippen LogP contribution in [0.3, 0.4) is 0 Å². The van der Waals surface area contributed by atoms with E-state index in [-0.39, 0.29) is 18.4 Å². The second-order valence-corrected chi connectivity index (χ2v) is 5.43. The standard InChI is InChI=1S/C17H27N3O2/c1-4-6-11-20(3)13-17(22)18-12-16(21)19-15-10-8-7-9-14(15)5-2/h7-10H,4-6,11-13H2,1-3H3,(H,18,22)(H,19,21). The molecule has 0 spiro atoms. The molecule has 0 bridgehead atoms. The molecular formula is C17H27N3O2. The zero-order chi connectivity index (χ0) is 16.4. The van der Waals surface area contributed by atoms with Crippen LogP contribution in [0, 0.1) is 0 Å². The molecule has 2 N–H and O–H groups in total. The van der Waals surface area contributed by atoms with Gasteiger partial charge in [0, 0.05) is 5.69 Å². The van der Waals surface area contributed by atoms with E-state index in [0.717, 1.165) is 37.1 Å². The molecule has 0 saturated heterocycles. The normalized spacial score (nSPS) is 10.5. The average molecular weight is 305 g/mol. The molecule has 5 heteroatoms. The molecule has 0 atom stereocenters. The molecule has 22 heavy (non-hydrogen) atoms. The maximum absolute atomic E-state index is 11.9. The molecule has 0 radical (unpaired) electrons. The van der Waals surface area contributed by atoms with Crippen LogP contribution in [0.25, 0.3) is 0 Å². The van der Waals surface area contributed by atoms with E-state index in [9.17, 15) is 9.59 Å². The summed E-state index contributed by atoms with van der Waals surface area (Å²) in [6.07, 6.45) is 3.02. The van der Waals surface area contributed by atoms with Gasteiger partial charge in [0.2, 0.25) is 11.8 Å². The molecule has 5 nitrogen and oxygen atoms in total. The summed E-state index contributed by atoms with van der Waals surface area (Å²) < 4.78 is 0. The summed E-state index contributed by atoms with van der Waals surface area (Å²) in [5, 5.41) is 5.49. The number of benzene rings is 1. The number of aryl methyl sites for hydroxylation is 1. The second kappa shape index (κ2) is 9.95. The van der Waals surface area contributed by atoms with E-state index in [1.54, 1.807) is 0 Å². The Kier molecular flexibility index (Phi) is 8.22. The van der Waals surface area contributed by atoms with Gasteiger partial charge in [-0.1, -0.05) is 38.5 Å². The van der Waals surface area contributed by atoms with Crippen molar-refractivity contribution in [3.05, 3.63) is 29.8 Å². The van der Waals surface area contributed by atoms with Crippen LogP contribution in [0.2, 0.25) is 0 Å². The van der Waals surface area contributed by atoms with Gasteiger partial charge >= 0.3 is 0 Å². The van der Waals surface area contributed by atoms with Gasteiger partial charge in [0.1, 0.15) is 0 Å². The number of rotatable bonds is 9. The van der Waals surface area contributed by atoms with E-state index in [1.807, 2.05) is 43.1 Å². The van der Waals surface area contributed by atoms with Gasteiger partial charge in [0.05, 0.1) is 13.1 Å². The number of anilines is 1. The van der Waals surface area contributed by atoms with E-state index in [4.69, 9.17) is 0 Å². The Morgan fingerprint density at radius 1 is 1.14 bits per heavy atom. The van der Waals surface area contributed by atoms with Crippen LogP contribution in [0.15, 0.2) is 24.3 Å². The van der Waals surface area contributed by atoms with Crippen LogP contribution in [0.5, 0.6) is 0 Å². The lowest BCUT2D eigenvalue weighted by Crippen LogP contribution is -2.39. The first-order valence-electron chi connectivity index (χ1n) is 7.89. The third kappa shape index (κ3) is 6.72. The smallest absolute Gasteiger partial charge is 0.243 e. The number of hydrogen-bond donors (Lipinski definition) is 2. The van der Waals surface area contributed by atoms with Crippen molar-refractivity contribution in [1.29, 1.82) is 0 Å². The predicted octanol–water partition coefficient (Wildman–Crippen LogP) is 2.04. The van der Waals surface area contributed by atoms with Crippen LogP contribution in [-0.4, -0.2) is 43.4 Å². The van der Waals surface area contributed by atoms with Crippen molar-refractivity contribution in [2.75, 3.05) is 32.0 Å². The Balaban J connectivity index is 2.35. The lowest BCUT2D eigenvalue weighted by molar-refractivity contribution is -0.124. The molecule has 0 aliphatic heterocycles. The van der Waals surface area contributed by atoms with Gasteiger partial charge < -0.3 is 10.6 Å². The van der Waals surface area contributed by atoms with Crippen LogP contribution < -0.4 is 10.6 Å². The number of carbonyl (C=O) groups excluding carboxylic acids is 2. The lowest BCUT2D eigenvalue weighted by Gasteiger charge is -2.15. The molecule has 0 aliphatic carbocycles.